The number of benzene rings is 1. The normalized spacial score (nSPS) is 12.3. The Labute approximate surface area is 180 Å². The minimum atomic E-state index is -0.425. The summed E-state index contributed by atoms with van der Waals surface area (Å²) in [6.45, 7) is 3.66. The lowest BCUT2D eigenvalue weighted by molar-refractivity contribution is -0.117. The van der Waals surface area contributed by atoms with E-state index in [0.717, 1.165) is 37.2 Å². The molecule has 0 bridgehead atoms. The lowest BCUT2D eigenvalue weighted by Crippen LogP contribution is -2.29. The first-order valence-corrected chi connectivity index (χ1v) is 10.1. The molecule has 0 fully saturated rings. The Kier molecular flexibility index (Phi) is 9.11. The molecular weight excluding hydrogens is 373 g/mol. The Bertz CT molecular complexity index is 906. The smallest absolute Gasteiger partial charge is 0.262 e. The van der Waals surface area contributed by atoms with Crippen molar-refractivity contribution in [3.63, 3.8) is 0 Å². The molecule has 1 unspecified atom stereocenters. The van der Waals surface area contributed by atoms with Crippen molar-refractivity contribution in [1.82, 2.24) is 15.2 Å². The lowest BCUT2D eigenvalue weighted by Gasteiger charge is -2.18. The van der Waals surface area contributed by atoms with Crippen LogP contribution >= 0.6 is 0 Å². The van der Waals surface area contributed by atoms with Gasteiger partial charge in [-0.2, -0.15) is 5.26 Å². The van der Waals surface area contributed by atoms with E-state index in [1.54, 1.807) is 12.1 Å². The van der Waals surface area contributed by atoms with Crippen LogP contribution in [0.2, 0.25) is 0 Å². The van der Waals surface area contributed by atoms with Crippen LogP contribution in [-0.2, 0) is 4.79 Å². The molecule has 2 aromatic rings. The maximum atomic E-state index is 12.8. The number of hydrogen-bond donors (Lipinski definition) is 2. The molecule has 2 radical (unpaired) electrons. The monoisotopic (exact) mass is 401 g/mol. The maximum Gasteiger partial charge on any atom is 0.262 e. The van der Waals surface area contributed by atoms with E-state index in [-0.39, 0.29) is 11.6 Å². The molecule has 0 spiro atoms. The van der Waals surface area contributed by atoms with Gasteiger partial charge in [-0.1, -0.05) is 43.7 Å². The summed E-state index contributed by atoms with van der Waals surface area (Å²) in [5, 5.41) is 15.8. The Morgan fingerprint density at radius 1 is 1.30 bits per heavy atom. The molecule has 2 N–H and O–H groups in total. The van der Waals surface area contributed by atoms with Crippen molar-refractivity contribution in [2.75, 3.05) is 32.5 Å². The zero-order valence-corrected chi connectivity index (χ0v) is 17.9. The van der Waals surface area contributed by atoms with E-state index in [1.165, 1.54) is 6.08 Å². The second kappa shape index (κ2) is 11.8. The van der Waals surface area contributed by atoms with Gasteiger partial charge in [0.1, 0.15) is 19.5 Å². The molecule has 1 amide bonds. The van der Waals surface area contributed by atoms with E-state index in [9.17, 15) is 10.1 Å². The number of aromatic nitrogens is 1. The summed E-state index contributed by atoms with van der Waals surface area (Å²) in [4.78, 5) is 19.1. The standard InChI is InChI=1S/C23H28BN5O/c1-4-8-21(17-9-6-5-7-10-17)28-23(30)18(16-25)13-20-14-19(15-22(24)27-20)26-11-12-29(2)3/h5-7,9-10,13-15,21H,4,8,11-12H2,1-3H3,(H,26,27)(H,28,30)/b18-13+. The molecule has 7 heteroatoms. The van der Waals surface area contributed by atoms with Gasteiger partial charge in [0.25, 0.3) is 5.91 Å². The summed E-state index contributed by atoms with van der Waals surface area (Å²) in [6, 6.07) is 15.1. The maximum absolute atomic E-state index is 12.8. The third-order valence-electron chi connectivity index (χ3n) is 4.50. The van der Waals surface area contributed by atoms with E-state index < -0.39 is 5.91 Å². The van der Waals surface area contributed by atoms with Crippen molar-refractivity contribution in [3.8, 4) is 6.07 Å². The number of pyridine rings is 1. The molecule has 6 nitrogen and oxygen atoms in total. The van der Waals surface area contributed by atoms with Crippen LogP contribution < -0.4 is 16.2 Å². The summed E-state index contributed by atoms with van der Waals surface area (Å²) in [5.41, 5.74) is 2.58. The second-order valence-corrected chi connectivity index (χ2v) is 7.33. The van der Waals surface area contributed by atoms with Crippen molar-refractivity contribution in [1.29, 1.82) is 5.26 Å². The van der Waals surface area contributed by atoms with Crippen molar-refractivity contribution < 1.29 is 4.79 Å². The largest absolute Gasteiger partial charge is 0.384 e. The highest BCUT2D eigenvalue weighted by Gasteiger charge is 2.17. The molecule has 0 saturated heterocycles. The van der Waals surface area contributed by atoms with Gasteiger partial charge in [-0.05, 0) is 49.9 Å². The van der Waals surface area contributed by atoms with Crippen LogP contribution in [0.25, 0.3) is 6.08 Å². The number of amides is 1. The number of nitrogens with zero attached hydrogens (tertiary/aromatic N) is 3. The van der Waals surface area contributed by atoms with Crippen molar-refractivity contribution in [2.45, 2.75) is 25.8 Å². The average molecular weight is 401 g/mol. The zero-order chi connectivity index (χ0) is 21.9. The van der Waals surface area contributed by atoms with Crippen LogP contribution in [0.1, 0.15) is 37.1 Å². The van der Waals surface area contributed by atoms with E-state index in [4.69, 9.17) is 7.85 Å². The highest BCUT2D eigenvalue weighted by molar-refractivity contribution is 6.31. The highest BCUT2D eigenvalue weighted by atomic mass is 16.1. The van der Waals surface area contributed by atoms with Gasteiger partial charge in [0.05, 0.1) is 11.7 Å². The number of anilines is 1. The van der Waals surface area contributed by atoms with Crippen LogP contribution in [0.15, 0.2) is 48.0 Å². The molecule has 1 aromatic carbocycles. The number of rotatable bonds is 10. The van der Waals surface area contributed by atoms with Gasteiger partial charge in [-0.25, -0.2) is 0 Å². The highest BCUT2D eigenvalue weighted by Crippen LogP contribution is 2.19. The van der Waals surface area contributed by atoms with Crippen molar-refractivity contribution in [3.05, 3.63) is 59.3 Å². The van der Waals surface area contributed by atoms with Gasteiger partial charge < -0.3 is 15.5 Å². The fourth-order valence-corrected chi connectivity index (χ4v) is 3.00. The SMILES string of the molecule is [B]c1cc(NCCN(C)C)cc(/C=C(\C#N)C(=O)NC(CCC)c2ccccc2)n1. The third-order valence-corrected chi connectivity index (χ3v) is 4.50. The molecular formula is C23H28BN5O. The number of hydrogen-bond acceptors (Lipinski definition) is 5. The predicted octanol–water partition coefficient (Wildman–Crippen LogP) is 2.41. The Balaban J connectivity index is 2.18. The molecule has 2 rings (SSSR count). The van der Waals surface area contributed by atoms with Gasteiger partial charge in [0.15, 0.2) is 0 Å². The fraction of sp³-hybridized carbons (Fsp3) is 0.348. The Morgan fingerprint density at radius 2 is 2.03 bits per heavy atom. The van der Waals surface area contributed by atoms with Crippen LogP contribution in [0.4, 0.5) is 5.69 Å². The zero-order valence-electron chi connectivity index (χ0n) is 17.9. The first-order chi connectivity index (χ1) is 14.4. The molecule has 30 heavy (non-hydrogen) atoms. The Hall–Kier alpha value is -3.11. The molecule has 0 saturated carbocycles. The molecule has 0 aliphatic carbocycles. The van der Waals surface area contributed by atoms with Gasteiger partial charge in [-0.3, -0.25) is 9.78 Å². The molecule has 1 atom stereocenters. The molecule has 154 valence electrons. The van der Waals surface area contributed by atoms with E-state index in [1.807, 2.05) is 50.5 Å². The van der Waals surface area contributed by atoms with Crippen LogP contribution in [-0.4, -0.2) is 50.8 Å². The van der Waals surface area contributed by atoms with Crippen LogP contribution in [0.5, 0.6) is 0 Å². The number of carbonyl (C=O) groups excluding carboxylic acids is 1. The summed E-state index contributed by atoms with van der Waals surface area (Å²) in [5.74, 6) is -0.425. The summed E-state index contributed by atoms with van der Waals surface area (Å²) < 4.78 is 0. The number of nitriles is 1. The summed E-state index contributed by atoms with van der Waals surface area (Å²) in [7, 11) is 9.90. The van der Waals surface area contributed by atoms with Crippen molar-refractivity contribution in [2.24, 2.45) is 0 Å². The third kappa shape index (κ3) is 7.38. The minimum absolute atomic E-state index is 0.00984. The first kappa shape index (κ1) is 23.2. The Morgan fingerprint density at radius 3 is 2.67 bits per heavy atom. The molecule has 0 aliphatic heterocycles. The topological polar surface area (TPSA) is 81.0 Å². The van der Waals surface area contributed by atoms with Gasteiger partial charge in [-0.15, -0.1) is 0 Å². The van der Waals surface area contributed by atoms with Gasteiger partial charge in [0, 0.05) is 18.8 Å². The first-order valence-electron chi connectivity index (χ1n) is 10.1. The van der Waals surface area contributed by atoms with Crippen LogP contribution in [0.3, 0.4) is 0 Å². The van der Waals surface area contributed by atoms with Crippen molar-refractivity contribution >= 4 is 31.1 Å². The van der Waals surface area contributed by atoms with Gasteiger partial charge >= 0.3 is 0 Å². The average Bonchev–Trinajstić information content (AvgIpc) is 2.71. The van der Waals surface area contributed by atoms with E-state index >= 15 is 0 Å². The number of likely N-dealkylation sites (N-methyl/N-ethyl adjacent to an activating group) is 1. The summed E-state index contributed by atoms with van der Waals surface area (Å²) >= 11 is 0. The quantitative estimate of drug-likeness (QED) is 0.363. The minimum Gasteiger partial charge on any atom is -0.384 e. The number of carbonyl (C=O) groups is 1. The van der Waals surface area contributed by atoms with Crippen LogP contribution in [0, 0.1) is 11.3 Å². The second-order valence-electron chi connectivity index (χ2n) is 7.33. The van der Waals surface area contributed by atoms with E-state index in [2.05, 4.69) is 27.4 Å². The van der Waals surface area contributed by atoms with E-state index in [0.29, 0.717) is 11.3 Å². The summed E-state index contributed by atoms with van der Waals surface area (Å²) in [6.07, 6.45) is 3.16. The fourth-order valence-electron chi connectivity index (χ4n) is 3.00. The lowest BCUT2D eigenvalue weighted by atomic mass is 10.0. The predicted molar refractivity (Wildman–Crippen MR) is 122 cm³/mol. The molecule has 0 aliphatic rings. The molecule has 1 aromatic heterocycles. The van der Waals surface area contributed by atoms with Gasteiger partial charge in [0.2, 0.25) is 0 Å². The number of nitrogens with one attached hydrogen (secondary N) is 2. The molecule has 1 heterocycles.